The van der Waals surface area contributed by atoms with Gasteiger partial charge in [-0.1, -0.05) is 6.42 Å². The van der Waals surface area contributed by atoms with Crippen LogP contribution in [0, 0.1) is 5.41 Å². The van der Waals surface area contributed by atoms with Gasteiger partial charge in [0.15, 0.2) is 0 Å². The summed E-state index contributed by atoms with van der Waals surface area (Å²) in [6, 6.07) is 0.407. The first-order valence-electron chi connectivity index (χ1n) is 6.10. The van der Waals surface area contributed by atoms with Gasteiger partial charge in [-0.15, -0.1) is 0 Å². The van der Waals surface area contributed by atoms with Crippen molar-refractivity contribution in [3.8, 4) is 0 Å². The lowest BCUT2D eigenvalue weighted by Crippen LogP contribution is -2.50. The zero-order chi connectivity index (χ0) is 10.9. The second kappa shape index (κ2) is 4.12. The summed E-state index contributed by atoms with van der Waals surface area (Å²) >= 11 is 0. The summed E-state index contributed by atoms with van der Waals surface area (Å²) in [4.78, 5) is 14.0. The van der Waals surface area contributed by atoms with E-state index in [4.69, 9.17) is 0 Å². The Hall–Kier alpha value is -0.570. The molecule has 0 radical (unpaired) electrons. The molecule has 0 bridgehead atoms. The molecule has 2 fully saturated rings. The van der Waals surface area contributed by atoms with Crippen LogP contribution in [-0.4, -0.2) is 37.0 Å². The van der Waals surface area contributed by atoms with Gasteiger partial charge in [0.25, 0.3) is 0 Å². The minimum Gasteiger partial charge on any atom is -0.341 e. The Morgan fingerprint density at radius 2 is 2.20 bits per heavy atom. The Morgan fingerprint density at radius 3 is 2.67 bits per heavy atom. The summed E-state index contributed by atoms with van der Waals surface area (Å²) in [5.41, 5.74) is 0.427. The highest BCUT2D eigenvalue weighted by Gasteiger charge is 2.43. The van der Waals surface area contributed by atoms with Gasteiger partial charge in [0, 0.05) is 25.6 Å². The molecular weight excluding hydrogens is 188 g/mol. The molecule has 1 spiro atoms. The maximum Gasteiger partial charge on any atom is 0.223 e. The summed E-state index contributed by atoms with van der Waals surface area (Å²) in [6.07, 6.45) is 5.95. The highest BCUT2D eigenvalue weighted by atomic mass is 16.2. The van der Waals surface area contributed by atoms with E-state index in [2.05, 4.69) is 12.2 Å². The largest absolute Gasteiger partial charge is 0.341 e. The summed E-state index contributed by atoms with van der Waals surface area (Å²) in [5, 5.41) is 3.19. The van der Waals surface area contributed by atoms with Gasteiger partial charge in [-0.3, -0.25) is 4.79 Å². The first-order valence-corrected chi connectivity index (χ1v) is 6.10. The predicted octanol–water partition coefficient (Wildman–Crippen LogP) is 1.39. The van der Waals surface area contributed by atoms with Crippen LogP contribution in [0.1, 0.15) is 39.0 Å². The van der Waals surface area contributed by atoms with E-state index in [0.29, 0.717) is 17.4 Å². The second-order valence-electron chi connectivity index (χ2n) is 5.31. The average Bonchev–Trinajstić information content (AvgIpc) is 2.18. The highest BCUT2D eigenvalue weighted by Crippen LogP contribution is 2.49. The number of nitrogens with zero attached hydrogens (tertiary/aromatic N) is 1. The smallest absolute Gasteiger partial charge is 0.223 e. The Kier molecular flexibility index (Phi) is 3.01. The molecule has 1 aliphatic carbocycles. The molecule has 0 aromatic carbocycles. The van der Waals surface area contributed by atoms with Crippen molar-refractivity contribution in [1.29, 1.82) is 0 Å². The quantitative estimate of drug-likeness (QED) is 0.763. The minimum atomic E-state index is 0.378. The molecule has 1 saturated carbocycles. The Morgan fingerprint density at radius 1 is 1.47 bits per heavy atom. The third-order valence-corrected chi connectivity index (χ3v) is 4.19. The van der Waals surface area contributed by atoms with Crippen molar-refractivity contribution in [3.05, 3.63) is 0 Å². The van der Waals surface area contributed by atoms with Crippen LogP contribution >= 0.6 is 0 Å². The van der Waals surface area contributed by atoms with Crippen molar-refractivity contribution < 1.29 is 4.79 Å². The van der Waals surface area contributed by atoms with Crippen LogP contribution in [0.15, 0.2) is 0 Å². The molecule has 1 unspecified atom stereocenters. The number of piperidine rings is 1. The normalized spacial score (nSPS) is 26.5. The fourth-order valence-corrected chi connectivity index (χ4v) is 2.74. The van der Waals surface area contributed by atoms with Gasteiger partial charge in [-0.2, -0.15) is 0 Å². The maximum atomic E-state index is 12.0. The molecule has 1 atom stereocenters. The summed E-state index contributed by atoms with van der Waals surface area (Å²) in [7, 11) is 1.95. The number of carbonyl (C=O) groups is 1. The molecule has 1 heterocycles. The Labute approximate surface area is 92.2 Å². The third kappa shape index (κ3) is 2.17. The molecule has 1 N–H and O–H groups in total. The van der Waals surface area contributed by atoms with Crippen molar-refractivity contribution in [1.82, 2.24) is 10.2 Å². The van der Waals surface area contributed by atoms with Gasteiger partial charge in [0.05, 0.1) is 0 Å². The second-order valence-corrected chi connectivity index (χ2v) is 5.31. The number of hydrogen-bond acceptors (Lipinski definition) is 2. The molecule has 1 saturated heterocycles. The number of nitrogens with one attached hydrogen (secondary N) is 1. The fourth-order valence-electron chi connectivity index (χ4n) is 2.74. The van der Waals surface area contributed by atoms with Crippen LogP contribution < -0.4 is 5.32 Å². The minimum absolute atomic E-state index is 0.378. The van der Waals surface area contributed by atoms with E-state index in [0.717, 1.165) is 19.5 Å². The van der Waals surface area contributed by atoms with Crippen LogP contribution in [0.3, 0.4) is 0 Å². The number of carbonyl (C=O) groups excluding carboxylic acids is 1. The first kappa shape index (κ1) is 10.9. The van der Waals surface area contributed by atoms with Crippen LogP contribution in [0.4, 0.5) is 0 Å². The van der Waals surface area contributed by atoms with E-state index in [1.807, 2.05) is 11.9 Å². The van der Waals surface area contributed by atoms with Crippen molar-refractivity contribution in [2.75, 3.05) is 20.1 Å². The van der Waals surface area contributed by atoms with Crippen LogP contribution in [0.5, 0.6) is 0 Å². The highest BCUT2D eigenvalue weighted by molar-refractivity contribution is 5.78. The van der Waals surface area contributed by atoms with Gasteiger partial charge in [0.2, 0.25) is 5.91 Å². The van der Waals surface area contributed by atoms with E-state index in [-0.39, 0.29) is 0 Å². The Balaban J connectivity index is 1.87. The summed E-state index contributed by atoms with van der Waals surface area (Å²) in [5.74, 6) is 0.378. The average molecular weight is 210 g/mol. The van der Waals surface area contributed by atoms with Crippen molar-refractivity contribution in [3.63, 3.8) is 0 Å². The summed E-state index contributed by atoms with van der Waals surface area (Å²) in [6.45, 7) is 3.97. The molecule has 86 valence electrons. The van der Waals surface area contributed by atoms with Crippen LogP contribution in [0.2, 0.25) is 0 Å². The van der Waals surface area contributed by atoms with Crippen molar-refractivity contribution >= 4 is 5.91 Å². The van der Waals surface area contributed by atoms with E-state index >= 15 is 0 Å². The fraction of sp³-hybridized carbons (Fsp3) is 0.917. The molecule has 3 heteroatoms. The standard InChI is InChI=1S/C12H22N2O/c1-10(13-2)9-14-7-6-12(4-3-5-12)8-11(14)15/h10,13H,3-9H2,1-2H3. The zero-order valence-electron chi connectivity index (χ0n) is 9.88. The lowest BCUT2D eigenvalue weighted by atomic mass is 9.63. The number of likely N-dealkylation sites (N-methyl/N-ethyl adjacent to an activating group) is 1. The first-order chi connectivity index (χ1) is 7.15. The third-order valence-electron chi connectivity index (χ3n) is 4.19. The predicted molar refractivity (Wildman–Crippen MR) is 60.6 cm³/mol. The number of likely N-dealkylation sites (tertiary alicyclic amines) is 1. The van der Waals surface area contributed by atoms with Crippen LogP contribution in [0.25, 0.3) is 0 Å². The van der Waals surface area contributed by atoms with E-state index in [9.17, 15) is 4.79 Å². The topological polar surface area (TPSA) is 32.3 Å². The van der Waals surface area contributed by atoms with E-state index in [1.54, 1.807) is 0 Å². The monoisotopic (exact) mass is 210 g/mol. The molecule has 2 aliphatic rings. The number of amides is 1. The lowest BCUT2D eigenvalue weighted by molar-refractivity contribution is -0.141. The number of hydrogen-bond donors (Lipinski definition) is 1. The Bertz CT molecular complexity index is 248. The molecule has 1 aliphatic heterocycles. The number of rotatable bonds is 3. The molecule has 1 amide bonds. The zero-order valence-corrected chi connectivity index (χ0v) is 9.88. The van der Waals surface area contributed by atoms with Gasteiger partial charge in [-0.05, 0) is 38.6 Å². The van der Waals surface area contributed by atoms with E-state index < -0.39 is 0 Å². The molecular formula is C12H22N2O. The van der Waals surface area contributed by atoms with Gasteiger partial charge in [-0.25, -0.2) is 0 Å². The van der Waals surface area contributed by atoms with Crippen molar-refractivity contribution in [2.45, 2.75) is 45.1 Å². The molecule has 3 nitrogen and oxygen atoms in total. The van der Waals surface area contributed by atoms with Gasteiger partial charge < -0.3 is 10.2 Å². The summed E-state index contributed by atoms with van der Waals surface area (Å²) < 4.78 is 0. The van der Waals surface area contributed by atoms with E-state index in [1.165, 1.54) is 25.7 Å². The molecule has 15 heavy (non-hydrogen) atoms. The van der Waals surface area contributed by atoms with Crippen molar-refractivity contribution in [2.24, 2.45) is 5.41 Å². The van der Waals surface area contributed by atoms with Gasteiger partial charge >= 0.3 is 0 Å². The molecule has 0 aromatic heterocycles. The molecule has 2 rings (SSSR count). The SMILES string of the molecule is CNC(C)CN1CCC2(CCC2)CC1=O. The maximum absolute atomic E-state index is 12.0. The molecule has 0 aromatic rings. The van der Waals surface area contributed by atoms with Gasteiger partial charge in [0.1, 0.15) is 0 Å². The van der Waals surface area contributed by atoms with Crippen LogP contribution in [-0.2, 0) is 4.79 Å². The lowest BCUT2D eigenvalue weighted by Gasteiger charge is -2.47.